The third-order valence-corrected chi connectivity index (χ3v) is 5.83. The zero-order chi connectivity index (χ0) is 22.9. The first-order valence-electron chi connectivity index (χ1n) is 10.7. The van der Waals surface area contributed by atoms with Gasteiger partial charge in [0.25, 0.3) is 0 Å². The smallest absolute Gasteiger partial charge is 0.337 e. The van der Waals surface area contributed by atoms with E-state index in [0.29, 0.717) is 43.2 Å². The molecule has 0 bridgehead atoms. The SMILES string of the molecule is COCCNC(=O)[C@@H]1C[C@@H](NCc2ccc(C(=O)OC)cc2)CN1Cc1ccc(Cl)cc1. The second-order valence-corrected chi connectivity index (χ2v) is 8.29. The number of ether oxygens (including phenoxy) is 2. The van der Waals surface area contributed by atoms with Crippen LogP contribution in [0.4, 0.5) is 0 Å². The standard InChI is InChI=1S/C24H30ClN3O4/c1-31-12-11-26-23(29)22-13-21(16-28(22)15-18-5-9-20(25)10-6-18)27-14-17-3-7-19(8-4-17)24(30)32-2/h3-10,21-22,27H,11-16H2,1-2H3,(H,26,29)/t21-,22+/m1/s1. The highest BCUT2D eigenvalue weighted by molar-refractivity contribution is 6.30. The molecule has 8 heteroatoms. The number of carbonyl (C=O) groups is 2. The fraction of sp³-hybridized carbons (Fsp3) is 0.417. The van der Waals surface area contributed by atoms with Crippen molar-refractivity contribution in [3.8, 4) is 0 Å². The molecule has 7 nitrogen and oxygen atoms in total. The fourth-order valence-electron chi connectivity index (χ4n) is 3.86. The minimum absolute atomic E-state index is 0.0164. The van der Waals surface area contributed by atoms with Crippen molar-refractivity contribution in [1.82, 2.24) is 15.5 Å². The van der Waals surface area contributed by atoms with E-state index in [1.165, 1.54) is 7.11 Å². The molecule has 1 heterocycles. The summed E-state index contributed by atoms with van der Waals surface area (Å²) >= 11 is 6.01. The van der Waals surface area contributed by atoms with Crippen LogP contribution in [0.15, 0.2) is 48.5 Å². The average Bonchev–Trinajstić information content (AvgIpc) is 3.22. The number of likely N-dealkylation sites (tertiary alicyclic amines) is 1. The molecule has 1 aliphatic heterocycles. The molecule has 172 valence electrons. The number of methoxy groups -OCH3 is 2. The molecule has 2 atom stereocenters. The molecule has 2 aromatic carbocycles. The fourth-order valence-corrected chi connectivity index (χ4v) is 3.98. The highest BCUT2D eigenvalue weighted by Gasteiger charge is 2.36. The van der Waals surface area contributed by atoms with Gasteiger partial charge < -0.3 is 20.1 Å². The van der Waals surface area contributed by atoms with Crippen molar-refractivity contribution < 1.29 is 19.1 Å². The number of benzene rings is 2. The number of nitrogens with zero attached hydrogens (tertiary/aromatic N) is 1. The molecule has 1 saturated heterocycles. The highest BCUT2D eigenvalue weighted by atomic mass is 35.5. The quantitative estimate of drug-likeness (QED) is 0.420. The lowest BCUT2D eigenvalue weighted by molar-refractivity contribution is -0.125. The number of esters is 1. The first kappa shape index (κ1) is 24.2. The summed E-state index contributed by atoms with van der Waals surface area (Å²) in [6.45, 7) is 3.06. The summed E-state index contributed by atoms with van der Waals surface area (Å²) in [5, 5.41) is 7.22. The Hall–Kier alpha value is -2.45. The molecule has 0 spiro atoms. The maximum absolute atomic E-state index is 12.8. The molecule has 1 fully saturated rings. The first-order valence-corrected chi connectivity index (χ1v) is 11.0. The highest BCUT2D eigenvalue weighted by Crippen LogP contribution is 2.22. The summed E-state index contributed by atoms with van der Waals surface area (Å²) in [5.41, 5.74) is 2.71. The second kappa shape index (κ2) is 12.0. The Labute approximate surface area is 194 Å². The molecule has 1 aliphatic rings. The molecule has 0 radical (unpaired) electrons. The normalized spacial score (nSPS) is 18.5. The van der Waals surface area contributed by atoms with Crippen molar-refractivity contribution in [3.05, 3.63) is 70.2 Å². The Morgan fingerprint density at radius 1 is 1.06 bits per heavy atom. The Morgan fingerprint density at radius 2 is 1.75 bits per heavy atom. The number of nitrogens with one attached hydrogen (secondary N) is 2. The molecular weight excluding hydrogens is 430 g/mol. The summed E-state index contributed by atoms with van der Waals surface area (Å²) in [5.74, 6) is -0.330. The molecule has 2 aromatic rings. The summed E-state index contributed by atoms with van der Waals surface area (Å²) < 4.78 is 9.79. The van der Waals surface area contributed by atoms with Gasteiger partial charge in [-0.1, -0.05) is 35.9 Å². The topological polar surface area (TPSA) is 79.9 Å². The van der Waals surface area contributed by atoms with Gasteiger partial charge in [0.2, 0.25) is 5.91 Å². The molecule has 0 aromatic heterocycles. The van der Waals surface area contributed by atoms with Crippen molar-refractivity contribution in [2.24, 2.45) is 0 Å². The van der Waals surface area contributed by atoms with Crippen LogP contribution < -0.4 is 10.6 Å². The van der Waals surface area contributed by atoms with E-state index in [4.69, 9.17) is 21.1 Å². The van der Waals surface area contributed by atoms with Gasteiger partial charge in [-0.25, -0.2) is 4.79 Å². The summed E-state index contributed by atoms with van der Waals surface area (Å²) in [4.78, 5) is 26.6. The van der Waals surface area contributed by atoms with E-state index in [9.17, 15) is 9.59 Å². The number of carbonyl (C=O) groups excluding carboxylic acids is 2. The largest absolute Gasteiger partial charge is 0.465 e. The number of halogens is 1. The van der Waals surface area contributed by atoms with Crippen molar-refractivity contribution in [2.75, 3.05) is 33.9 Å². The van der Waals surface area contributed by atoms with E-state index in [-0.39, 0.29) is 24.0 Å². The van der Waals surface area contributed by atoms with Crippen LogP contribution in [0.3, 0.4) is 0 Å². The third-order valence-electron chi connectivity index (χ3n) is 5.58. The Morgan fingerprint density at radius 3 is 2.41 bits per heavy atom. The van der Waals surface area contributed by atoms with Gasteiger partial charge in [0.1, 0.15) is 0 Å². The van der Waals surface area contributed by atoms with Crippen LogP contribution in [0.1, 0.15) is 27.9 Å². The lowest BCUT2D eigenvalue weighted by Gasteiger charge is -2.23. The Bertz CT molecular complexity index is 889. The lowest BCUT2D eigenvalue weighted by atomic mass is 10.1. The van der Waals surface area contributed by atoms with Crippen molar-refractivity contribution in [1.29, 1.82) is 0 Å². The predicted molar refractivity (Wildman–Crippen MR) is 124 cm³/mol. The van der Waals surface area contributed by atoms with Gasteiger partial charge in [-0.15, -0.1) is 0 Å². The van der Waals surface area contributed by atoms with Gasteiger partial charge >= 0.3 is 5.97 Å². The van der Waals surface area contributed by atoms with Crippen LogP contribution >= 0.6 is 11.6 Å². The van der Waals surface area contributed by atoms with Crippen molar-refractivity contribution in [2.45, 2.75) is 31.6 Å². The Balaban J connectivity index is 1.61. The molecule has 32 heavy (non-hydrogen) atoms. The summed E-state index contributed by atoms with van der Waals surface area (Å²) in [6.07, 6.45) is 0.715. The minimum atomic E-state index is -0.347. The predicted octanol–water partition coefficient (Wildman–Crippen LogP) is 2.62. The van der Waals surface area contributed by atoms with Gasteiger partial charge in [0.15, 0.2) is 0 Å². The maximum Gasteiger partial charge on any atom is 0.337 e. The van der Waals surface area contributed by atoms with Crippen LogP contribution in [-0.4, -0.2) is 62.8 Å². The van der Waals surface area contributed by atoms with Crippen LogP contribution in [0.5, 0.6) is 0 Å². The van der Waals surface area contributed by atoms with Gasteiger partial charge in [0.05, 0.1) is 25.3 Å². The van der Waals surface area contributed by atoms with Crippen LogP contribution in [-0.2, 0) is 27.4 Å². The maximum atomic E-state index is 12.8. The van der Waals surface area contributed by atoms with Crippen molar-refractivity contribution >= 4 is 23.5 Å². The molecule has 3 rings (SSSR count). The number of amides is 1. The van der Waals surface area contributed by atoms with Gasteiger partial charge in [-0.3, -0.25) is 9.69 Å². The average molecular weight is 460 g/mol. The monoisotopic (exact) mass is 459 g/mol. The molecule has 2 N–H and O–H groups in total. The van der Waals surface area contributed by atoms with E-state index in [1.807, 2.05) is 36.4 Å². The third kappa shape index (κ3) is 6.77. The minimum Gasteiger partial charge on any atom is -0.465 e. The first-order chi connectivity index (χ1) is 15.5. The zero-order valence-corrected chi connectivity index (χ0v) is 19.2. The van der Waals surface area contributed by atoms with Gasteiger partial charge in [0, 0.05) is 44.4 Å². The number of hydrogen-bond donors (Lipinski definition) is 2. The van der Waals surface area contributed by atoms with Gasteiger partial charge in [-0.05, 0) is 41.8 Å². The summed E-state index contributed by atoms with van der Waals surface area (Å²) in [7, 11) is 2.99. The van der Waals surface area contributed by atoms with Crippen LogP contribution in [0.2, 0.25) is 5.02 Å². The molecule has 1 amide bonds. The number of hydrogen-bond acceptors (Lipinski definition) is 6. The van der Waals surface area contributed by atoms with E-state index in [2.05, 4.69) is 15.5 Å². The molecule has 0 unspecified atom stereocenters. The van der Waals surface area contributed by atoms with E-state index < -0.39 is 0 Å². The molecular formula is C24H30ClN3O4. The van der Waals surface area contributed by atoms with Gasteiger partial charge in [-0.2, -0.15) is 0 Å². The second-order valence-electron chi connectivity index (χ2n) is 7.86. The van der Waals surface area contributed by atoms with E-state index in [0.717, 1.165) is 17.7 Å². The number of rotatable bonds is 10. The Kier molecular flexibility index (Phi) is 9.05. The lowest BCUT2D eigenvalue weighted by Crippen LogP contribution is -2.43. The van der Waals surface area contributed by atoms with Crippen LogP contribution in [0.25, 0.3) is 0 Å². The molecule has 0 aliphatic carbocycles. The van der Waals surface area contributed by atoms with Crippen molar-refractivity contribution in [3.63, 3.8) is 0 Å². The summed E-state index contributed by atoms with van der Waals surface area (Å²) in [6, 6.07) is 15.0. The van der Waals surface area contributed by atoms with Crippen LogP contribution in [0, 0.1) is 0 Å². The van der Waals surface area contributed by atoms with E-state index >= 15 is 0 Å². The molecule has 0 saturated carbocycles. The van der Waals surface area contributed by atoms with E-state index in [1.54, 1.807) is 19.2 Å². The zero-order valence-electron chi connectivity index (χ0n) is 18.5.